The summed E-state index contributed by atoms with van der Waals surface area (Å²) in [6.07, 6.45) is 0.500. The van der Waals surface area contributed by atoms with Crippen molar-refractivity contribution in [2.45, 2.75) is 13.3 Å². The summed E-state index contributed by atoms with van der Waals surface area (Å²) in [5.41, 5.74) is 2.50. The lowest BCUT2D eigenvalue weighted by molar-refractivity contribution is 0.0988. The number of nitrogens with zero attached hydrogens (tertiary/aromatic N) is 1. The van der Waals surface area contributed by atoms with Gasteiger partial charge in [-0.3, -0.25) is 4.79 Å². The molecule has 1 heterocycles. The fourth-order valence-electron chi connectivity index (χ4n) is 2.94. The van der Waals surface area contributed by atoms with E-state index in [4.69, 9.17) is 9.72 Å². The molecule has 0 aliphatic carbocycles. The second kappa shape index (κ2) is 6.36. The monoisotopic (exact) mass is 327 g/mol. The number of hydrogen-bond donors (Lipinski definition) is 0. The number of benzene rings is 3. The van der Waals surface area contributed by atoms with E-state index in [0.29, 0.717) is 17.7 Å². The number of carbonyl (C=O) groups is 1. The Kier molecular flexibility index (Phi) is 3.90. The van der Waals surface area contributed by atoms with Crippen LogP contribution >= 0.6 is 0 Å². The van der Waals surface area contributed by atoms with Gasteiger partial charge in [0, 0.05) is 22.8 Å². The topological polar surface area (TPSA) is 39.2 Å². The number of para-hydroxylation sites is 2. The van der Waals surface area contributed by atoms with Crippen molar-refractivity contribution in [2.75, 3.05) is 0 Å². The number of ether oxygens (including phenoxy) is 1. The van der Waals surface area contributed by atoms with Gasteiger partial charge in [-0.15, -0.1) is 0 Å². The zero-order valence-electron chi connectivity index (χ0n) is 13.9. The molecule has 0 saturated heterocycles. The van der Waals surface area contributed by atoms with Crippen molar-refractivity contribution in [3.05, 3.63) is 78.4 Å². The van der Waals surface area contributed by atoms with Crippen molar-refractivity contribution in [1.29, 1.82) is 0 Å². The Morgan fingerprint density at radius 1 is 0.840 bits per heavy atom. The van der Waals surface area contributed by atoms with E-state index >= 15 is 0 Å². The lowest BCUT2D eigenvalue weighted by atomic mass is 10.1. The molecule has 25 heavy (non-hydrogen) atoms. The van der Waals surface area contributed by atoms with E-state index in [0.717, 1.165) is 27.6 Å². The van der Waals surface area contributed by atoms with E-state index in [-0.39, 0.29) is 5.78 Å². The highest BCUT2D eigenvalue weighted by Gasteiger charge is 2.11. The second-order valence-electron chi connectivity index (χ2n) is 5.88. The Balaban J connectivity index is 1.83. The molecule has 0 spiro atoms. The van der Waals surface area contributed by atoms with Crippen LogP contribution < -0.4 is 4.74 Å². The lowest BCUT2D eigenvalue weighted by Crippen LogP contribution is -1.96. The van der Waals surface area contributed by atoms with E-state index in [9.17, 15) is 4.79 Å². The molecule has 4 rings (SSSR count). The molecule has 0 atom stereocenters. The highest BCUT2D eigenvalue weighted by atomic mass is 16.5. The van der Waals surface area contributed by atoms with Crippen LogP contribution in [0.2, 0.25) is 0 Å². The smallest absolute Gasteiger partial charge is 0.162 e. The van der Waals surface area contributed by atoms with E-state index < -0.39 is 0 Å². The molecule has 0 N–H and O–H groups in total. The predicted octanol–water partition coefficient (Wildman–Crippen LogP) is 5.77. The number of ketones is 1. The van der Waals surface area contributed by atoms with E-state index in [1.165, 1.54) is 0 Å². The van der Waals surface area contributed by atoms with Gasteiger partial charge in [0.15, 0.2) is 5.78 Å². The molecule has 0 aliphatic rings. The third-order valence-corrected chi connectivity index (χ3v) is 4.26. The molecule has 122 valence electrons. The van der Waals surface area contributed by atoms with Gasteiger partial charge in [0.05, 0.1) is 11.0 Å². The molecule has 0 saturated carbocycles. The first-order chi connectivity index (χ1) is 12.3. The van der Waals surface area contributed by atoms with Crippen molar-refractivity contribution in [3.63, 3.8) is 0 Å². The predicted molar refractivity (Wildman–Crippen MR) is 100 cm³/mol. The standard InChI is InChI=1S/C22H17NO2/c1-2-21(24)15-11-13-16(14-12-15)25-22-17-7-3-5-9-19(17)23-20-10-6-4-8-18(20)22/h3-14H,2H2,1H3. The van der Waals surface area contributed by atoms with Gasteiger partial charge < -0.3 is 4.74 Å². The van der Waals surface area contributed by atoms with Gasteiger partial charge in [0.25, 0.3) is 0 Å². The molecule has 3 nitrogen and oxygen atoms in total. The molecule has 3 aromatic carbocycles. The Bertz CT molecular complexity index is 1010. The SMILES string of the molecule is CCC(=O)c1ccc(Oc2c3ccccc3nc3ccccc23)cc1. The summed E-state index contributed by atoms with van der Waals surface area (Å²) in [7, 11) is 0. The Labute approximate surface area is 145 Å². The van der Waals surface area contributed by atoms with Crippen LogP contribution in [-0.4, -0.2) is 10.8 Å². The highest BCUT2D eigenvalue weighted by Crippen LogP contribution is 2.36. The molecule has 1 aromatic heterocycles. The molecule has 0 aliphatic heterocycles. The summed E-state index contributed by atoms with van der Waals surface area (Å²) in [4.78, 5) is 16.5. The zero-order chi connectivity index (χ0) is 17.2. The van der Waals surface area contributed by atoms with Gasteiger partial charge in [-0.25, -0.2) is 4.98 Å². The molecule has 0 bridgehead atoms. The molecular formula is C22H17NO2. The van der Waals surface area contributed by atoms with Crippen molar-refractivity contribution in [1.82, 2.24) is 4.98 Å². The number of pyridine rings is 1. The van der Waals surface area contributed by atoms with Gasteiger partial charge in [-0.2, -0.15) is 0 Å². The van der Waals surface area contributed by atoms with Crippen LogP contribution in [0.15, 0.2) is 72.8 Å². The van der Waals surface area contributed by atoms with Crippen LogP contribution in [0.4, 0.5) is 0 Å². The lowest BCUT2D eigenvalue weighted by Gasteiger charge is -2.12. The summed E-state index contributed by atoms with van der Waals surface area (Å²) in [6, 6.07) is 23.2. The number of aromatic nitrogens is 1. The van der Waals surface area contributed by atoms with Crippen molar-refractivity contribution < 1.29 is 9.53 Å². The summed E-state index contributed by atoms with van der Waals surface area (Å²) in [5, 5.41) is 1.94. The van der Waals surface area contributed by atoms with Gasteiger partial charge >= 0.3 is 0 Å². The molecule has 0 amide bonds. The molecule has 0 radical (unpaired) electrons. The number of carbonyl (C=O) groups excluding carboxylic acids is 1. The van der Waals surface area contributed by atoms with Crippen LogP contribution in [0.1, 0.15) is 23.7 Å². The Morgan fingerprint density at radius 2 is 1.40 bits per heavy atom. The fraction of sp³-hybridized carbons (Fsp3) is 0.0909. The second-order valence-corrected chi connectivity index (χ2v) is 5.88. The molecular weight excluding hydrogens is 310 g/mol. The van der Waals surface area contributed by atoms with Gasteiger partial charge in [0.1, 0.15) is 11.5 Å². The number of fused-ring (bicyclic) bond motifs is 2. The maximum absolute atomic E-state index is 11.8. The van der Waals surface area contributed by atoms with Crippen LogP contribution in [0.5, 0.6) is 11.5 Å². The van der Waals surface area contributed by atoms with Crippen LogP contribution in [0.25, 0.3) is 21.8 Å². The maximum atomic E-state index is 11.8. The minimum Gasteiger partial charge on any atom is -0.456 e. The van der Waals surface area contributed by atoms with E-state index in [1.807, 2.05) is 79.7 Å². The average Bonchev–Trinajstić information content (AvgIpc) is 2.67. The average molecular weight is 327 g/mol. The molecule has 4 aromatic rings. The molecule has 0 fully saturated rings. The van der Waals surface area contributed by atoms with Gasteiger partial charge in [-0.1, -0.05) is 31.2 Å². The zero-order valence-corrected chi connectivity index (χ0v) is 13.9. The van der Waals surface area contributed by atoms with Crippen LogP contribution in [0, 0.1) is 0 Å². The Morgan fingerprint density at radius 3 is 1.96 bits per heavy atom. The van der Waals surface area contributed by atoms with Gasteiger partial charge in [0.2, 0.25) is 0 Å². The highest BCUT2D eigenvalue weighted by molar-refractivity contribution is 6.01. The third kappa shape index (κ3) is 2.85. The van der Waals surface area contributed by atoms with Gasteiger partial charge in [-0.05, 0) is 48.5 Å². The van der Waals surface area contributed by atoms with Crippen molar-refractivity contribution in [3.8, 4) is 11.5 Å². The normalized spacial score (nSPS) is 10.9. The quantitative estimate of drug-likeness (QED) is 0.353. The first kappa shape index (κ1) is 15.3. The Hall–Kier alpha value is -3.20. The van der Waals surface area contributed by atoms with E-state index in [2.05, 4.69) is 0 Å². The summed E-state index contributed by atoms with van der Waals surface area (Å²) < 4.78 is 6.22. The van der Waals surface area contributed by atoms with Crippen LogP contribution in [-0.2, 0) is 0 Å². The minimum absolute atomic E-state index is 0.131. The van der Waals surface area contributed by atoms with Crippen LogP contribution in [0.3, 0.4) is 0 Å². The fourth-order valence-corrected chi connectivity index (χ4v) is 2.94. The summed E-state index contributed by atoms with van der Waals surface area (Å²) in [5.74, 6) is 1.62. The number of Topliss-reactive ketones (excluding diaryl/α,β-unsaturated/α-hetero) is 1. The first-order valence-corrected chi connectivity index (χ1v) is 8.35. The minimum atomic E-state index is 0.131. The summed E-state index contributed by atoms with van der Waals surface area (Å²) in [6.45, 7) is 1.86. The van der Waals surface area contributed by atoms with E-state index in [1.54, 1.807) is 0 Å². The third-order valence-electron chi connectivity index (χ3n) is 4.26. The summed E-state index contributed by atoms with van der Waals surface area (Å²) >= 11 is 0. The molecule has 0 unspecified atom stereocenters. The number of rotatable bonds is 4. The maximum Gasteiger partial charge on any atom is 0.162 e. The molecule has 3 heteroatoms. The first-order valence-electron chi connectivity index (χ1n) is 8.35. The largest absolute Gasteiger partial charge is 0.456 e. The van der Waals surface area contributed by atoms with Crippen molar-refractivity contribution >= 4 is 27.6 Å². The number of hydrogen-bond acceptors (Lipinski definition) is 3. The van der Waals surface area contributed by atoms with Crippen molar-refractivity contribution in [2.24, 2.45) is 0 Å².